The lowest BCUT2D eigenvalue weighted by Crippen LogP contribution is -2.12. The average Bonchev–Trinajstić information content (AvgIpc) is 2.85. The molecule has 0 aliphatic carbocycles. The molecule has 0 fully saturated rings. The second-order valence-corrected chi connectivity index (χ2v) is 3.49. The van der Waals surface area contributed by atoms with Crippen LogP contribution in [0.15, 0.2) is 18.7 Å². The van der Waals surface area contributed by atoms with Gasteiger partial charge in [-0.25, -0.2) is 9.97 Å². The number of hydrogen-bond donors (Lipinski definition) is 3. The fourth-order valence-electron chi connectivity index (χ4n) is 1.44. The van der Waals surface area contributed by atoms with Crippen LogP contribution in [0.2, 0.25) is 0 Å². The molecule has 1 atom stereocenters. The summed E-state index contributed by atoms with van der Waals surface area (Å²) in [6.07, 6.45) is 4.85. The minimum atomic E-state index is -0.0353. The van der Waals surface area contributed by atoms with E-state index in [0.717, 1.165) is 5.82 Å². The zero-order valence-corrected chi connectivity index (χ0v) is 9.64. The number of imidazole rings is 1. The van der Waals surface area contributed by atoms with E-state index in [1.807, 2.05) is 6.92 Å². The number of hydrogen-bond acceptors (Lipinski definition) is 6. The molecular weight excluding hydrogens is 220 g/mol. The summed E-state index contributed by atoms with van der Waals surface area (Å²) < 4.78 is 5.02. The van der Waals surface area contributed by atoms with Gasteiger partial charge in [-0.05, 0) is 6.92 Å². The maximum Gasteiger partial charge on any atom is 0.242 e. The van der Waals surface area contributed by atoms with Crippen molar-refractivity contribution in [3.8, 4) is 5.88 Å². The van der Waals surface area contributed by atoms with E-state index in [1.165, 1.54) is 13.4 Å². The van der Waals surface area contributed by atoms with Crippen LogP contribution >= 0.6 is 0 Å². The van der Waals surface area contributed by atoms with Gasteiger partial charge in [0.05, 0.1) is 13.2 Å². The summed E-state index contributed by atoms with van der Waals surface area (Å²) in [7, 11) is 1.51. The van der Waals surface area contributed by atoms with Crippen LogP contribution in [0.5, 0.6) is 5.88 Å². The summed E-state index contributed by atoms with van der Waals surface area (Å²) in [6.45, 7) is 1.95. The summed E-state index contributed by atoms with van der Waals surface area (Å²) in [4.78, 5) is 15.1. The molecule has 0 radical (unpaired) electrons. The van der Waals surface area contributed by atoms with Gasteiger partial charge >= 0.3 is 0 Å². The first kappa shape index (κ1) is 11.2. The smallest absolute Gasteiger partial charge is 0.242 e. The average molecular weight is 234 g/mol. The number of aromatic nitrogens is 4. The first-order chi connectivity index (χ1) is 8.22. The summed E-state index contributed by atoms with van der Waals surface area (Å²) >= 11 is 0. The van der Waals surface area contributed by atoms with Crippen molar-refractivity contribution in [2.45, 2.75) is 13.0 Å². The van der Waals surface area contributed by atoms with Gasteiger partial charge in [-0.2, -0.15) is 4.98 Å². The van der Waals surface area contributed by atoms with Crippen LogP contribution < -0.4 is 15.8 Å². The van der Waals surface area contributed by atoms with Crippen LogP contribution in [-0.4, -0.2) is 27.0 Å². The molecule has 7 nitrogen and oxygen atoms in total. The summed E-state index contributed by atoms with van der Waals surface area (Å²) in [6, 6.07) is -0.0353. The minimum Gasteiger partial charge on any atom is -0.479 e. The summed E-state index contributed by atoms with van der Waals surface area (Å²) in [5.41, 5.74) is 6.24. The van der Waals surface area contributed by atoms with Gasteiger partial charge in [0.1, 0.15) is 17.8 Å². The normalized spacial score (nSPS) is 12.1. The van der Waals surface area contributed by atoms with E-state index in [-0.39, 0.29) is 6.04 Å². The lowest BCUT2D eigenvalue weighted by Gasteiger charge is -2.14. The van der Waals surface area contributed by atoms with Crippen molar-refractivity contribution in [2.24, 2.45) is 0 Å². The molecule has 0 aromatic carbocycles. The molecule has 0 aliphatic heterocycles. The van der Waals surface area contributed by atoms with Gasteiger partial charge in [-0.1, -0.05) is 0 Å². The lowest BCUT2D eigenvalue weighted by atomic mass is 10.3. The third-order valence-corrected chi connectivity index (χ3v) is 2.32. The molecule has 2 aromatic rings. The number of aromatic amines is 1. The SMILES string of the molecule is COc1ncnc(NC(C)c2ncc[nH]2)c1N. The Morgan fingerprint density at radius 1 is 1.41 bits per heavy atom. The molecule has 17 heavy (non-hydrogen) atoms. The van der Waals surface area contributed by atoms with Crippen LogP contribution in [0.3, 0.4) is 0 Å². The Morgan fingerprint density at radius 2 is 2.24 bits per heavy atom. The largest absolute Gasteiger partial charge is 0.479 e. The van der Waals surface area contributed by atoms with Crippen LogP contribution in [0.4, 0.5) is 11.5 Å². The Hall–Kier alpha value is -2.31. The van der Waals surface area contributed by atoms with E-state index in [4.69, 9.17) is 10.5 Å². The fourth-order valence-corrected chi connectivity index (χ4v) is 1.44. The number of rotatable bonds is 4. The highest BCUT2D eigenvalue weighted by molar-refractivity contribution is 5.66. The molecule has 90 valence electrons. The quantitative estimate of drug-likeness (QED) is 0.728. The predicted molar refractivity (Wildman–Crippen MR) is 63.6 cm³/mol. The van der Waals surface area contributed by atoms with E-state index in [2.05, 4.69) is 25.3 Å². The van der Waals surface area contributed by atoms with Crippen molar-refractivity contribution < 1.29 is 4.74 Å². The van der Waals surface area contributed by atoms with Crippen LogP contribution in [0.25, 0.3) is 0 Å². The van der Waals surface area contributed by atoms with Crippen molar-refractivity contribution >= 4 is 11.5 Å². The van der Waals surface area contributed by atoms with Crippen LogP contribution in [-0.2, 0) is 0 Å². The Balaban J connectivity index is 2.19. The number of anilines is 2. The van der Waals surface area contributed by atoms with Crippen LogP contribution in [0, 0.1) is 0 Å². The van der Waals surface area contributed by atoms with Gasteiger partial charge in [0.2, 0.25) is 5.88 Å². The molecule has 0 spiro atoms. The molecule has 2 heterocycles. The van der Waals surface area contributed by atoms with E-state index in [9.17, 15) is 0 Å². The zero-order chi connectivity index (χ0) is 12.3. The second kappa shape index (κ2) is 4.69. The highest BCUT2D eigenvalue weighted by Crippen LogP contribution is 2.26. The fraction of sp³-hybridized carbons (Fsp3) is 0.300. The number of H-pyrrole nitrogens is 1. The van der Waals surface area contributed by atoms with Crippen molar-refractivity contribution in [3.05, 3.63) is 24.5 Å². The van der Waals surface area contributed by atoms with Gasteiger partial charge in [0.25, 0.3) is 0 Å². The molecule has 0 bridgehead atoms. The molecule has 7 heteroatoms. The molecule has 1 unspecified atom stereocenters. The van der Waals surface area contributed by atoms with Gasteiger partial charge < -0.3 is 20.8 Å². The summed E-state index contributed by atoms with van der Waals surface area (Å²) in [5, 5.41) is 3.14. The third-order valence-electron chi connectivity index (χ3n) is 2.32. The first-order valence-corrected chi connectivity index (χ1v) is 5.12. The highest BCUT2D eigenvalue weighted by Gasteiger charge is 2.13. The monoisotopic (exact) mass is 234 g/mol. The van der Waals surface area contributed by atoms with E-state index < -0.39 is 0 Å². The molecule has 0 saturated carbocycles. The molecule has 2 rings (SSSR count). The standard InChI is InChI=1S/C10H14N6O/c1-6(8-12-3-4-13-8)16-9-7(11)10(17-2)15-5-14-9/h3-6H,11H2,1-2H3,(H,12,13)(H,14,15,16). The number of methoxy groups -OCH3 is 1. The Bertz CT molecular complexity index is 484. The Kier molecular flexibility index (Phi) is 3.08. The third kappa shape index (κ3) is 2.27. The predicted octanol–water partition coefficient (Wildman–Crippen LogP) is 0.964. The zero-order valence-electron chi connectivity index (χ0n) is 9.64. The van der Waals surface area contributed by atoms with Crippen LogP contribution in [0.1, 0.15) is 18.8 Å². The van der Waals surface area contributed by atoms with Crippen molar-refractivity contribution in [1.29, 1.82) is 0 Å². The van der Waals surface area contributed by atoms with Crippen molar-refractivity contribution in [2.75, 3.05) is 18.2 Å². The van der Waals surface area contributed by atoms with Gasteiger partial charge in [-0.15, -0.1) is 0 Å². The molecule has 0 saturated heterocycles. The molecule has 4 N–H and O–H groups in total. The number of nitrogens with one attached hydrogen (secondary N) is 2. The molecular formula is C10H14N6O. The lowest BCUT2D eigenvalue weighted by molar-refractivity contribution is 0.399. The van der Waals surface area contributed by atoms with Crippen molar-refractivity contribution in [3.63, 3.8) is 0 Å². The molecule has 0 amide bonds. The minimum absolute atomic E-state index is 0.0353. The second-order valence-electron chi connectivity index (χ2n) is 3.49. The van der Waals surface area contributed by atoms with E-state index >= 15 is 0 Å². The molecule has 0 aliphatic rings. The van der Waals surface area contributed by atoms with Gasteiger partial charge in [0.15, 0.2) is 5.82 Å². The number of nitrogens with zero attached hydrogens (tertiary/aromatic N) is 3. The Morgan fingerprint density at radius 3 is 2.88 bits per heavy atom. The van der Waals surface area contributed by atoms with Crippen molar-refractivity contribution in [1.82, 2.24) is 19.9 Å². The van der Waals surface area contributed by atoms with E-state index in [0.29, 0.717) is 17.4 Å². The number of nitrogens with two attached hydrogens (primary N) is 1. The van der Waals surface area contributed by atoms with Gasteiger partial charge in [-0.3, -0.25) is 0 Å². The number of ether oxygens (including phenoxy) is 1. The maximum atomic E-state index is 5.85. The molecule has 2 aromatic heterocycles. The van der Waals surface area contributed by atoms with E-state index in [1.54, 1.807) is 12.4 Å². The maximum absolute atomic E-state index is 5.85. The summed E-state index contributed by atoms with van der Waals surface area (Å²) in [5.74, 6) is 1.69. The topological polar surface area (TPSA) is 102 Å². The number of nitrogen functional groups attached to an aromatic ring is 1. The Labute approximate surface area is 98.5 Å². The first-order valence-electron chi connectivity index (χ1n) is 5.12. The van der Waals surface area contributed by atoms with Gasteiger partial charge in [0, 0.05) is 12.4 Å². The highest BCUT2D eigenvalue weighted by atomic mass is 16.5.